The number of rotatable bonds is 5. The van der Waals surface area contributed by atoms with E-state index in [1.54, 1.807) is 6.92 Å². The molecule has 1 amide bonds. The van der Waals surface area contributed by atoms with Gasteiger partial charge in [-0.05, 0) is 38.0 Å². The minimum atomic E-state index is -4.55. The number of piperidine rings is 1. The van der Waals surface area contributed by atoms with Gasteiger partial charge >= 0.3 is 6.18 Å². The maximum absolute atomic E-state index is 13.1. The predicted molar refractivity (Wildman–Crippen MR) is 93.2 cm³/mol. The first-order chi connectivity index (χ1) is 12.5. The quantitative estimate of drug-likeness (QED) is 0.752. The number of ether oxygens (including phenoxy) is 1. The molecule has 1 aromatic rings. The first-order valence-electron chi connectivity index (χ1n) is 8.49. The number of hydrogen-bond donors (Lipinski definition) is 0. The standard InChI is InChI=1S/C17H23F3N2O4S/c1-12-6-4-5-9-22(12)27(24,25)15-10-13(7-8-14(15)26-3)16(23)21(2)11-17(18,19)20/h7-8,10,12H,4-6,9,11H2,1-3H3. The van der Waals surface area contributed by atoms with Crippen LogP contribution in [0.25, 0.3) is 0 Å². The predicted octanol–water partition coefficient (Wildman–Crippen LogP) is 2.89. The summed E-state index contributed by atoms with van der Waals surface area (Å²) in [7, 11) is -1.64. The van der Waals surface area contributed by atoms with Gasteiger partial charge in [0.15, 0.2) is 0 Å². The number of alkyl halides is 3. The average Bonchev–Trinajstić information content (AvgIpc) is 2.59. The molecule has 2 rings (SSSR count). The lowest BCUT2D eigenvalue weighted by atomic mass is 10.1. The molecule has 1 atom stereocenters. The van der Waals surface area contributed by atoms with Crippen molar-refractivity contribution in [2.24, 2.45) is 0 Å². The Morgan fingerprint density at radius 2 is 2.00 bits per heavy atom. The average molecular weight is 408 g/mol. The second kappa shape index (κ2) is 8.05. The SMILES string of the molecule is COc1ccc(C(=O)N(C)CC(F)(F)F)cc1S(=O)(=O)N1CCCCC1C. The highest BCUT2D eigenvalue weighted by molar-refractivity contribution is 7.89. The Kier molecular flexibility index (Phi) is 6.41. The fourth-order valence-corrected chi connectivity index (χ4v) is 5.01. The summed E-state index contributed by atoms with van der Waals surface area (Å²) >= 11 is 0. The summed E-state index contributed by atoms with van der Waals surface area (Å²) in [6.45, 7) is 0.719. The van der Waals surface area contributed by atoms with Gasteiger partial charge in [0.05, 0.1) is 7.11 Å². The van der Waals surface area contributed by atoms with Gasteiger partial charge in [0.25, 0.3) is 5.91 Å². The normalized spacial score (nSPS) is 19.0. The van der Waals surface area contributed by atoms with Gasteiger partial charge in [-0.3, -0.25) is 4.79 Å². The smallest absolute Gasteiger partial charge is 0.406 e. The molecule has 1 aliphatic rings. The van der Waals surface area contributed by atoms with Crippen molar-refractivity contribution in [1.82, 2.24) is 9.21 Å². The molecule has 0 spiro atoms. The van der Waals surface area contributed by atoms with Crippen molar-refractivity contribution >= 4 is 15.9 Å². The van der Waals surface area contributed by atoms with Gasteiger partial charge in [-0.25, -0.2) is 8.42 Å². The maximum Gasteiger partial charge on any atom is 0.406 e. The van der Waals surface area contributed by atoms with Gasteiger partial charge in [0.1, 0.15) is 17.2 Å². The molecular formula is C17H23F3N2O4S. The number of nitrogens with zero attached hydrogens (tertiary/aromatic N) is 2. The number of hydrogen-bond acceptors (Lipinski definition) is 4. The van der Waals surface area contributed by atoms with Crippen molar-refractivity contribution in [3.63, 3.8) is 0 Å². The summed E-state index contributed by atoms with van der Waals surface area (Å²) in [5, 5.41) is 0. The fraction of sp³-hybridized carbons (Fsp3) is 0.588. The third-order valence-corrected chi connectivity index (χ3v) is 6.54. The van der Waals surface area contributed by atoms with Crippen molar-refractivity contribution in [1.29, 1.82) is 0 Å². The van der Waals surface area contributed by atoms with Crippen LogP contribution in [0.1, 0.15) is 36.5 Å². The first-order valence-corrected chi connectivity index (χ1v) is 9.93. The van der Waals surface area contributed by atoms with Crippen molar-refractivity contribution in [3.05, 3.63) is 23.8 Å². The lowest BCUT2D eigenvalue weighted by Crippen LogP contribution is -2.42. The molecular weight excluding hydrogens is 385 g/mol. The van der Waals surface area contributed by atoms with Crippen molar-refractivity contribution in [2.75, 3.05) is 27.2 Å². The summed E-state index contributed by atoms with van der Waals surface area (Å²) in [5.74, 6) is -0.874. The Hall–Kier alpha value is -1.81. The molecule has 0 aliphatic carbocycles. The highest BCUT2D eigenvalue weighted by Crippen LogP contribution is 2.32. The molecule has 1 aliphatic heterocycles. The summed E-state index contributed by atoms with van der Waals surface area (Å²) < 4.78 is 70.3. The summed E-state index contributed by atoms with van der Waals surface area (Å²) in [6, 6.07) is 3.42. The monoisotopic (exact) mass is 408 g/mol. The number of methoxy groups -OCH3 is 1. The second-order valence-electron chi connectivity index (χ2n) is 6.60. The second-order valence-corrected chi connectivity index (χ2v) is 8.46. The Morgan fingerprint density at radius 1 is 1.33 bits per heavy atom. The van der Waals surface area contributed by atoms with E-state index in [1.165, 1.54) is 23.5 Å². The van der Waals surface area contributed by atoms with Crippen molar-refractivity contribution < 1.29 is 31.1 Å². The largest absolute Gasteiger partial charge is 0.495 e. The van der Waals surface area contributed by atoms with E-state index in [-0.39, 0.29) is 22.3 Å². The number of carbonyl (C=O) groups is 1. The van der Waals surface area contributed by atoms with Gasteiger partial charge < -0.3 is 9.64 Å². The van der Waals surface area contributed by atoms with Gasteiger partial charge in [-0.1, -0.05) is 6.42 Å². The fourth-order valence-electron chi connectivity index (χ4n) is 3.13. The molecule has 10 heteroatoms. The zero-order chi connectivity index (χ0) is 20.4. The van der Waals surface area contributed by atoms with Crippen LogP contribution in [0.5, 0.6) is 5.75 Å². The van der Waals surface area contributed by atoms with Gasteiger partial charge in [-0.15, -0.1) is 0 Å². The summed E-state index contributed by atoms with van der Waals surface area (Å²) in [4.78, 5) is 12.6. The summed E-state index contributed by atoms with van der Waals surface area (Å²) in [5.41, 5.74) is -0.147. The molecule has 0 aromatic heterocycles. The van der Waals surface area contributed by atoms with Crippen molar-refractivity contribution in [3.8, 4) is 5.75 Å². The molecule has 6 nitrogen and oxygen atoms in total. The van der Waals surface area contributed by atoms with Crippen LogP contribution in [0.3, 0.4) is 0 Å². The topological polar surface area (TPSA) is 66.9 Å². The number of halogens is 3. The van der Waals surface area contributed by atoms with Crippen LogP contribution < -0.4 is 4.74 Å². The number of sulfonamides is 1. The molecule has 1 heterocycles. The molecule has 1 aromatic carbocycles. The summed E-state index contributed by atoms with van der Waals surface area (Å²) in [6.07, 6.45) is -2.19. The molecule has 152 valence electrons. The van der Waals surface area contributed by atoms with Crippen LogP contribution >= 0.6 is 0 Å². The Morgan fingerprint density at radius 3 is 2.56 bits per heavy atom. The van der Waals surface area contributed by atoms with E-state index in [1.807, 2.05) is 0 Å². The zero-order valence-corrected chi connectivity index (χ0v) is 16.2. The lowest BCUT2D eigenvalue weighted by molar-refractivity contribution is -0.138. The Bertz CT molecular complexity index is 796. The first kappa shape index (κ1) is 21.5. The van der Waals surface area contributed by atoms with Gasteiger partial charge in [-0.2, -0.15) is 17.5 Å². The molecule has 0 bridgehead atoms. The van der Waals surface area contributed by atoms with E-state index in [4.69, 9.17) is 4.74 Å². The Labute approximate surface area is 156 Å². The molecule has 0 saturated carbocycles. The Balaban J connectivity index is 2.42. The minimum absolute atomic E-state index is 0.0443. The van der Waals surface area contributed by atoms with Crippen LogP contribution in [-0.4, -0.2) is 63.0 Å². The van der Waals surface area contributed by atoms with Crippen LogP contribution in [0.2, 0.25) is 0 Å². The van der Waals surface area contributed by atoms with E-state index in [0.29, 0.717) is 17.9 Å². The molecule has 1 fully saturated rings. The van der Waals surface area contributed by atoms with Crippen LogP contribution in [0.4, 0.5) is 13.2 Å². The number of amides is 1. The van der Waals surface area contributed by atoms with E-state index in [9.17, 15) is 26.4 Å². The van der Waals surface area contributed by atoms with E-state index < -0.39 is 28.7 Å². The highest BCUT2D eigenvalue weighted by Gasteiger charge is 2.35. The van der Waals surface area contributed by atoms with Crippen LogP contribution in [-0.2, 0) is 10.0 Å². The third kappa shape index (κ3) is 4.92. The molecule has 0 N–H and O–H groups in total. The lowest BCUT2D eigenvalue weighted by Gasteiger charge is -2.32. The van der Waals surface area contributed by atoms with Crippen LogP contribution in [0, 0.1) is 0 Å². The maximum atomic E-state index is 13.1. The van der Waals surface area contributed by atoms with Gasteiger partial charge in [0.2, 0.25) is 10.0 Å². The van der Waals surface area contributed by atoms with E-state index >= 15 is 0 Å². The van der Waals surface area contributed by atoms with Crippen LogP contribution in [0.15, 0.2) is 23.1 Å². The molecule has 27 heavy (non-hydrogen) atoms. The molecule has 1 saturated heterocycles. The number of benzene rings is 1. The van der Waals surface area contributed by atoms with E-state index in [2.05, 4.69) is 0 Å². The third-order valence-electron chi connectivity index (χ3n) is 4.50. The number of carbonyl (C=O) groups excluding carboxylic acids is 1. The minimum Gasteiger partial charge on any atom is -0.495 e. The molecule has 1 unspecified atom stereocenters. The molecule has 0 radical (unpaired) electrons. The zero-order valence-electron chi connectivity index (χ0n) is 15.4. The van der Waals surface area contributed by atoms with E-state index in [0.717, 1.165) is 26.0 Å². The van der Waals surface area contributed by atoms with Gasteiger partial charge in [0, 0.05) is 25.2 Å². The highest BCUT2D eigenvalue weighted by atomic mass is 32.2. The van der Waals surface area contributed by atoms with Crippen molar-refractivity contribution in [2.45, 2.75) is 43.3 Å².